The van der Waals surface area contributed by atoms with Gasteiger partial charge in [-0.3, -0.25) is 4.79 Å². The second kappa shape index (κ2) is 7.53. The Morgan fingerprint density at radius 2 is 2.07 bits per heavy atom. The van der Waals surface area contributed by atoms with Crippen LogP contribution in [0.4, 0.5) is 24.7 Å². The molecule has 3 heterocycles. The first-order valence-corrected chi connectivity index (χ1v) is 8.91. The standard InChI is InChI=1S/C19H17F3N6O/c1-27-8-15(25-10-27)19(29)26-17-16(13-6-11(20)2-3-14(13)22)23-9-24-18(17)28-5-4-12(21)7-28/h2-3,6,8-10,12H,4-5,7H2,1H3,(H,26,29)/t12-/m0/s1. The quantitative estimate of drug-likeness (QED) is 0.726. The Morgan fingerprint density at radius 3 is 2.76 bits per heavy atom. The monoisotopic (exact) mass is 402 g/mol. The second-order valence-electron chi connectivity index (χ2n) is 6.76. The normalized spacial score (nSPS) is 16.3. The molecule has 1 amide bonds. The van der Waals surface area contributed by atoms with E-state index in [0.717, 1.165) is 18.2 Å². The predicted octanol–water partition coefficient (Wildman–Crippen LogP) is 2.96. The molecule has 1 fully saturated rings. The number of aryl methyl sites for hydroxylation is 1. The van der Waals surface area contributed by atoms with E-state index in [0.29, 0.717) is 13.0 Å². The van der Waals surface area contributed by atoms with Gasteiger partial charge in [0.15, 0.2) is 5.82 Å². The molecule has 7 nitrogen and oxygen atoms in total. The molecule has 2 aromatic heterocycles. The van der Waals surface area contributed by atoms with Crippen LogP contribution in [0.15, 0.2) is 37.1 Å². The minimum absolute atomic E-state index is 0.00131. The minimum Gasteiger partial charge on any atom is -0.352 e. The van der Waals surface area contributed by atoms with Gasteiger partial charge in [0.1, 0.15) is 41.2 Å². The number of carbonyl (C=O) groups excluding carboxylic acids is 1. The summed E-state index contributed by atoms with van der Waals surface area (Å²) in [6, 6.07) is 2.95. The summed E-state index contributed by atoms with van der Waals surface area (Å²) in [5.41, 5.74) is 0.0547. The van der Waals surface area contributed by atoms with Crippen molar-refractivity contribution in [3.63, 3.8) is 0 Å². The van der Waals surface area contributed by atoms with Crippen molar-refractivity contribution in [3.8, 4) is 11.3 Å². The average molecular weight is 402 g/mol. The van der Waals surface area contributed by atoms with Gasteiger partial charge >= 0.3 is 0 Å². The van der Waals surface area contributed by atoms with Gasteiger partial charge in [-0.2, -0.15) is 0 Å². The highest BCUT2D eigenvalue weighted by molar-refractivity contribution is 6.06. The molecule has 3 aromatic rings. The molecule has 29 heavy (non-hydrogen) atoms. The van der Waals surface area contributed by atoms with Gasteiger partial charge in [0, 0.05) is 25.4 Å². The number of nitrogens with one attached hydrogen (secondary N) is 1. The van der Waals surface area contributed by atoms with Gasteiger partial charge in [-0.05, 0) is 24.6 Å². The number of imidazole rings is 1. The third-order valence-corrected chi connectivity index (χ3v) is 4.62. The molecule has 1 saturated heterocycles. The van der Waals surface area contributed by atoms with Crippen molar-refractivity contribution in [3.05, 3.63) is 54.4 Å². The zero-order valence-corrected chi connectivity index (χ0v) is 15.4. The lowest BCUT2D eigenvalue weighted by Gasteiger charge is -2.21. The van der Waals surface area contributed by atoms with Gasteiger partial charge in [-0.25, -0.2) is 28.1 Å². The summed E-state index contributed by atoms with van der Waals surface area (Å²) in [7, 11) is 1.71. The molecule has 1 atom stereocenters. The molecule has 1 aliphatic heterocycles. The van der Waals surface area contributed by atoms with Gasteiger partial charge < -0.3 is 14.8 Å². The molecule has 0 spiro atoms. The zero-order chi connectivity index (χ0) is 20.5. The fourth-order valence-electron chi connectivity index (χ4n) is 3.23. The van der Waals surface area contributed by atoms with E-state index in [1.807, 2.05) is 0 Å². The maximum Gasteiger partial charge on any atom is 0.276 e. The van der Waals surface area contributed by atoms with E-state index < -0.39 is 23.7 Å². The number of carbonyl (C=O) groups is 1. The van der Waals surface area contributed by atoms with E-state index in [-0.39, 0.29) is 35.0 Å². The Morgan fingerprint density at radius 1 is 1.24 bits per heavy atom. The Balaban J connectivity index is 1.82. The van der Waals surface area contributed by atoms with Crippen LogP contribution in [0.2, 0.25) is 0 Å². The van der Waals surface area contributed by atoms with Crippen molar-refractivity contribution >= 4 is 17.4 Å². The van der Waals surface area contributed by atoms with E-state index in [2.05, 4.69) is 20.3 Å². The van der Waals surface area contributed by atoms with Gasteiger partial charge in [0.25, 0.3) is 5.91 Å². The molecule has 1 aliphatic rings. The Bertz CT molecular complexity index is 1070. The van der Waals surface area contributed by atoms with Gasteiger partial charge in [0.05, 0.1) is 12.9 Å². The summed E-state index contributed by atoms with van der Waals surface area (Å²) < 4.78 is 43.6. The van der Waals surface area contributed by atoms with Crippen LogP contribution in [0, 0.1) is 11.6 Å². The Labute approximate surface area is 164 Å². The number of anilines is 2. The number of benzene rings is 1. The molecule has 0 unspecified atom stereocenters. The fourth-order valence-corrected chi connectivity index (χ4v) is 3.23. The summed E-state index contributed by atoms with van der Waals surface area (Å²) in [4.78, 5) is 26.6. The molecule has 10 heteroatoms. The van der Waals surface area contributed by atoms with E-state index in [1.54, 1.807) is 16.5 Å². The van der Waals surface area contributed by atoms with Gasteiger partial charge in [0.2, 0.25) is 0 Å². The highest BCUT2D eigenvalue weighted by Crippen LogP contribution is 2.36. The highest BCUT2D eigenvalue weighted by atomic mass is 19.1. The van der Waals surface area contributed by atoms with Crippen molar-refractivity contribution in [1.29, 1.82) is 0 Å². The first-order chi connectivity index (χ1) is 13.9. The van der Waals surface area contributed by atoms with Crippen molar-refractivity contribution in [1.82, 2.24) is 19.5 Å². The lowest BCUT2D eigenvalue weighted by molar-refractivity contribution is 0.102. The lowest BCUT2D eigenvalue weighted by atomic mass is 10.1. The van der Waals surface area contributed by atoms with Crippen molar-refractivity contribution in [2.45, 2.75) is 12.6 Å². The van der Waals surface area contributed by atoms with E-state index in [9.17, 15) is 18.0 Å². The lowest BCUT2D eigenvalue weighted by Crippen LogP contribution is -2.25. The van der Waals surface area contributed by atoms with Crippen molar-refractivity contribution in [2.24, 2.45) is 7.05 Å². The second-order valence-corrected chi connectivity index (χ2v) is 6.76. The molecule has 0 radical (unpaired) electrons. The van der Waals surface area contributed by atoms with Crippen LogP contribution in [0.25, 0.3) is 11.3 Å². The molecule has 0 aliphatic carbocycles. The third kappa shape index (κ3) is 3.78. The molecule has 0 saturated carbocycles. The number of hydrogen-bond donors (Lipinski definition) is 1. The summed E-state index contributed by atoms with van der Waals surface area (Å²) in [5, 5.41) is 2.65. The number of amides is 1. The van der Waals surface area contributed by atoms with Crippen LogP contribution in [0.1, 0.15) is 16.9 Å². The first kappa shape index (κ1) is 18.9. The summed E-state index contributed by atoms with van der Waals surface area (Å²) in [6.07, 6.45) is 3.41. The highest BCUT2D eigenvalue weighted by Gasteiger charge is 2.28. The third-order valence-electron chi connectivity index (χ3n) is 4.62. The molecule has 0 bridgehead atoms. The van der Waals surface area contributed by atoms with E-state index >= 15 is 0 Å². The van der Waals surface area contributed by atoms with Crippen LogP contribution in [-0.4, -0.2) is 44.7 Å². The molecule has 1 N–H and O–H groups in total. The number of nitrogens with zero attached hydrogens (tertiary/aromatic N) is 5. The molecule has 1 aromatic carbocycles. The van der Waals surface area contributed by atoms with Crippen molar-refractivity contribution in [2.75, 3.05) is 23.3 Å². The molecular weight excluding hydrogens is 385 g/mol. The zero-order valence-electron chi connectivity index (χ0n) is 15.4. The molecule has 150 valence electrons. The van der Waals surface area contributed by atoms with Crippen LogP contribution in [0.3, 0.4) is 0 Å². The smallest absolute Gasteiger partial charge is 0.276 e. The predicted molar refractivity (Wildman–Crippen MR) is 100 cm³/mol. The largest absolute Gasteiger partial charge is 0.352 e. The van der Waals surface area contributed by atoms with Crippen LogP contribution < -0.4 is 10.2 Å². The molecule has 4 rings (SSSR count). The van der Waals surface area contributed by atoms with Gasteiger partial charge in [-0.1, -0.05) is 0 Å². The maximum atomic E-state index is 14.4. The number of rotatable bonds is 4. The number of hydrogen-bond acceptors (Lipinski definition) is 5. The summed E-state index contributed by atoms with van der Waals surface area (Å²) >= 11 is 0. The van der Waals surface area contributed by atoms with Gasteiger partial charge in [-0.15, -0.1) is 0 Å². The number of alkyl halides is 1. The number of aromatic nitrogens is 4. The Kier molecular flexibility index (Phi) is 4.91. The SMILES string of the molecule is Cn1cnc(C(=O)Nc2c(-c3cc(F)ccc3F)ncnc2N2CC[C@H](F)C2)c1. The van der Waals surface area contributed by atoms with Crippen LogP contribution >= 0.6 is 0 Å². The minimum atomic E-state index is -1.04. The first-order valence-electron chi connectivity index (χ1n) is 8.91. The summed E-state index contributed by atoms with van der Waals surface area (Å²) in [6.45, 7) is 0.449. The van der Waals surface area contributed by atoms with Crippen LogP contribution in [0.5, 0.6) is 0 Å². The summed E-state index contributed by atoms with van der Waals surface area (Å²) in [5.74, 6) is -1.71. The van der Waals surface area contributed by atoms with E-state index in [4.69, 9.17) is 0 Å². The average Bonchev–Trinajstić information content (AvgIpc) is 3.32. The van der Waals surface area contributed by atoms with E-state index in [1.165, 1.54) is 18.9 Å². The van der Waals surface area contributed by atoms with Crippen molar-refractivity contribution < 1.29 is 18.0 Å². The molecular formula is C19H17F3N6O. The maximum absolute atomic E-state index is 14.4. The van der Waals surface area contributed by atoms with Crippen LogP contribution in [-0.2, 0) is 7.05 Å². The fraction of sp³-hybridized carbons (Fsp3) is 0.263. The number of halogens is 3. The Hall–Kier alpha value is -3.43. The topological polar surface area (TPSA) is 75.9 Å².